The van der Waals surface area contributed by atoms with Crippen molar-refractivity contribution >= 4 is 17.2 Å². The largest absolute Gasteiger partial charge is 0.397 e. The average molecular weight is 254 g/mol. The number of carbonyl (C=O) groups excluding carboxylic acids is 1. The third-order valence-corrected chi connectivity index (χ3v) is 2.80. The molecule has 0 aliphatic heterocycles. The summed E-state index contributed by atoms with van der Waals surface area (Å²) in [6.45, 7) is 4.07. The predicted octanol–water partition coefficient (Wildman–Crippen LogP) is 3.32. The standard InChI is InChI=1S/C16H18N2O/c1-11(2)18-15-10-13(8-9-14(15)17)16(19)12-6-4-3-5-7-12/h3-11,18H,17H2,1-2H3. The van der Waals surface area contributed by atoms with Gasteiger partial charge in [-0.25, -0.2) is 0 Å². The van der Waals surface area contributed by atoms with Gasteiger partial charge in [-0.15, -0.1) is 0 Å². The molecular weight excluding hydrogens is 236 g/mol. The molecule has 3 N–H and O–H groups in total. The minimum atomic E-state index is 0.00686. The van der Waals surface area contributed by atoms with E-state index in [4.69, 9.17) is 5.73 Å². The van der Waals surface area contributed by atoms with Gasteiger partial charge >= 0.3 is 0 Å². The smallest absolute Gasteiger partial charge is 0.193 e. The normalized spacial score (nSPS) is 10.5. The number of hydrogen-bond acceptors (Lipinski definition) is 3. The topological polar surface area (TPSA) is 55.1 Å². The van der Waals surface area contributed by atoms with E-state index >= 15 is 0 Å². The number of anilines is 2. The van der Waals surface area contributed by atoms with Crippen molar-refractivity contribution in [3.05, 3.63) is 59.7 Å². The number of nitrogen functional groups attached to an aromatic ring is 1. The molecule has 0 aliphatic rings. The molecule has 0 saturated carbocycles. The van der Waals surface area contributed by atoms with E-state index in [9.17, 15) is 4.79 Å². The lowest BCUT2D eigenvalue weighted by molar-refractivity contribution is 0.103. The Labute approximate surface area is 113 Å². The highest BCUT2D eigenvalue weighted by molar-refractivity contribution is 6.09. The van der Waals surface area contributed by atoms with E-state index in [0.29, 0.717) is 16.8 Å². The molecule has 0 spiro atoms. The van der Waals surface area contributed by atoms with Gasteiger partial charge in [-0.1, -0.05) is 30.3 Å². The lowest BCUT2D eigenvalue weighted by Gasteiger charge is -2.13. The Hall–Kier alpha value is -2.29. The van der Waals surface area contributed by atoms with Crippen LogP contribution in [0.1, 0.15) is 29.8 Å². The molecule has 2 aromatic carbocycles. The van der Waals surface area contributed by atoms with Crippen molar-refractivity contribution in [1.29, 1.82) is 0 Å². The number of nitrogens with one attached hydrogen (secondary N) is 1. The lowest BCUT2D eigenvalue weighted by Crippen LogP contribution is -2.12. The van der Waals surface area contributed by atoms with Crippen LogP contribution in [0.25, 0.3) is 0 Å². The number of carbonyl (C=O) groups is 1. The summed E-state index contributed by atoms with van der Waals surface area (Å²) >= 11 is 0. The predicted molar refractivity (Wildman–Crippen MR) is 79.5 cm³/mol. The molecule has 3 heteroatoms. The Morgan fingerprint density at radius 2 is 1.74 bits per heavy atom. The molecule has 2 rings (SSSR count). The van der Waals surface area contributed by atoms with Crippen molar-refractivity contribution in [2.24, 2.45) is 0 Å². The summed E-state index contributed by atoms with van der Waals surface area (Å²) < 4.78 is 0. The van der Waals surface area contributed by atoms with Gasteiger partial charge in [0, 0.05) is 17.2 Å². The molecule has 0 radical (unpaired) electrons. The van der Waals surface area contributed by atoms with E-state index in [1.54, 1.807) is 12.1 Å². The summed E-state index contributed by atoms with van der Waals surface area (Å²) in [5.74, 6) is 0.00686. The van der Waals surface area contributed by atoms with Crippen molar-refractivity contribution in [3.63, 3.8) is 0 Å². The second kappa shape index (κ2) is 5.57. The van der Waals surface area contributed by atoms with Crippen molar-refractivity contribution in [3.8, 4) is 0 Å². The summed E-state index contributed by atoms with van der Waals surface area (Å²) in [6, 6.07) is 14.8. The number of hydrogen-bond donors (Lipinski definition) is 2. The van der Waals surface area contributed by atoms with E-state index < -0.39 is 0 Å². The lowest BCUT2D eigenvalue weighted by atomic mass is 10.0. The first-order valence-electron chi connectivity index (χ1n) is 6.33. The maximum atomic E-state index is 12.3. The fourth-order valence-corrected chi connectivity index (χ4v) is 1.89. The van der Waals surface area contributed by atoms with Crippen LogP contribution in [0.5, 0.6) is 0 Å². The third-order valence-electron chi connectivity index (χ3n) is 2.80. The first kappa shape index (κ1) is 13.1. The Kier molecular flexibility index (Phi) is 3.85. The molecule has 3 nitrogen and oxygen atoms in total. The monoisotopic (exact) mass is 254 g/mol. The minimum absolute atomic E-state index is 0.00686. The summed E-state index contributed by atoms with van der Waals surface area (Å²) in [5, 5.41) is 3.24. The van der Waals surface area contributed by atoms with Crippen LogP contribution in [-0.4, -0.2) is 11.8 Å². The zero-order valence-electron chi connectivity index (χ0n) is 11.2. The van der Waals surface area contributed by atoms with Crippen molar-refractivity contribution in [2.75, 3.05) is 11.1 Å². The van der Waals surface area contributed by atoms with Crippen LogP contribution in [0.3, 0.4) is 0 Å². The van der Waals surface area contributed by atoms with Gasteiger partial charge in [0.15, 0.2) is 5.78 Å². The second-order valence-corrected chi connectivity index (χ2v) is 4.80. The van der Waals surface area contributed by atoms with E-state index in [1.807, 2.05) is 50.2 Å². The van der Waals surface area contributed by atoms with Crippen molar-refractivity contribution in [1.82, 2.24) is 0 Å². The van der Waals surface area contributed by atoms with Crippen LogP contribution >= 0.6 is 0 Å². The Morgan fingerprint density at radius 3 is 2.37 bits per heavy atom. The molecule has 0 aromatic heterocycles. The zero-order valence-corrected chi connectivity index (χ0v) is 11.2. The van der Waals surface area contributed by atoms with Gasteiger partial charge in [0.2, 0.25) is 0 Å². The van der Waals surface area contributed by atoms with Crippen LogP contribution in [0, 0.1) is 0 Å². The van der Waals surface area contributed by atoms with E-state index in [-0.39, 0.29) is 11.8 Å². The van der Waals surface area contributed by atoms with E-state index in [2.05, 4.69) is 5.32 Å². The van der Waals surface area contributed by atoms with Crippen molar-refractivity contribution in [2.45, 2.75) is 19.9 Å². The number of benzene rings is 2. The Bertz CT molecular complexity index is 577. The fraction of sp³-hybridized carbons (Fsp3) is 0.188. The summed E-state index contributed by atoms with van der Waals surface area (Å²) in [4.78, 5) is 12.3. The average Bonchev–Trinajstić information content (AvgIpc) is 2.41. The molecule has 98 valence electrons. The highest BCUT2D eigenvalue weighted by Gasteiger charge is 2.11. The van der Waals surface area contributed by atoms with Gasteiger partial charge in [-0.05, 0) is 32.0 Å². The molecule has 0 aliphatic carbocycles. The fourth-order valence-electron chi connectivity index (χ4n) is 1.89. The van der Waals surface area contributed by atoms with Gasteiger partial charge in [-0.2, -0.15) is 0 Å². The molecule has 2 aromatic rings. The van der Waals surface area contributed by atoms with E-state index in [1.165, 1.54) is 0 Å². The van der Waals surface area contributed by atoms with Crippen LogP contribution < -0.4 is 11.1 Å². The van der Waals surface area contributed by atoms with Crippen LogP contribution in [-0.2, 0) is 0 Å². The summed E-state index contributed by atoms with van der Waals surface area (Å²) in [6.07, 6.45) is 0. The molecule has 0 fully saturated rings. The summed E-state index contributed by atoms with van der Waals surface area (Å²) in [7, 11) is 0. The zero-order chi connectivity index (χ0) is 13.8. The molecule has 19 heavy (non-hydrogen) atoms. The number of rotatable bonds is 4. The van der Waals surface area contributed by atoms with Gasteiger partial charge in [0.1, 0.15) is 0 Å². The van der Waals surface area contributed by atoms with Gasteiger partial charge in [-0.3, -0.25) is 4.79 Å². The second-order valence-electron chi connectivity index (χ2n) is 4.80. The van der Waals surface area contributed by atoms with Crippen LogP contribution in [0.4, 0.5) is 11.4 Å². The first-order chi connectivity index (χ1) is 9.08. The quantitative estimate of drug-likeness (QED) is 0.650. The molecule has 0 atom stereocenters. The third kappa shape index (κ3) is 3.13. The van der Waals surface area contributed by atoms with Gasteiger partial charge in [0.25, 0.3) is 0 Å². The Morgan fingerprint density at radius 1 is 1.05 bits per heavy atom. The molecular formula is C16H18N2O. The maximum absolute atomic E-state index is 12.3. The minimum Gasteiger partial charge on any atom is -0.397 e. The van der Waals surface area contributed by atoms with E-state index in [0.717, 1.165) is 5.69 Å². The maximum Gasteiger partial charge on any atom is 0.193 e. The number of nitrogens with two attached hydrogens (primary N) is 1. The van der Waals surface area contributed by atoms with Gasteiger partial charge < -0.3 is 11.1 Å². The van der Waals surface area contributed by atoms with Crippen LogP contribution in [0.2, 0.25) is 0 Å². The first-order valence-corrected chi connectivity index (χ1v) is 6.33. The molecule has 0 saturated heterocycles. The SMILES string of the molecule is CC(C)Nc1cc(C(=O)c2ccccc2)ccc1N. The van der Waals surface area contributed by atoms with Crippen LogP contribution in [0.15, 0.2) is 48.5 Å². The highest BCUT2D eigenvalue weighted by atomic mass is 16.1. The Balaban J connectivity index is 2.33. The van der Waals surface area contributed by atoms with Crippen molar-refractivity contribution < 1.29 is 4.79 Å². The summed E-state index contributed by atoms with van der Waals surface area (Å²) in [5.41, 5.74) is 8.68. The highest BCUT2D eigenvalue weighted by Crippen LogP contribution is 2.22. The molecule has 0 amide bonds. The number of ketones is 1. The molecule has 0 unspecified atom stereocenters. The molecule has 0 heterocycles. The molecule has 0 bridgehead atoms. The van der Waals surface area contributed by atoms with Gasteiger partial charge in [0.05, 0.1) is 11.4 Å².